The molecule has 0 saturated carbocycles. The zero-order valence-electron chi connectivity index (χ0n) is 10.8. The summed E-state index contributed by atoms with van der Waals surface area (Å²) in [6, 6.07) is 4.27. The molecule has 19 heavy (non-hydrogen) atoms. The topological polar surface area (TPSA) is 86.9 Å². The summed E-state index contributed by atoms with van der Waals surface area (Å²) < 4.78 is 0. The summed E-state index contributed by atoms with van der Waals surface area (Å²) in [4.78, 5) is 26.3. The van der Waals surface area contributed by atoms with Crippen molar-refractivity contribution in [3.8, 4) is 0 Å². The number of carboxylic acids is 1. The minimum Gasteiger partial charge on any atom is -0.478 e. The number of nitrogen functional groups attached to an aromatic ring is 1. The molecule has 2 rings (SSSR count). The van der Waals surface area contributed by atoms with Gasteiger partial charge >= 0.3 is 12.0 Å². The number of likely N-dealkylation sites (tertiary alicyclic amines) is 1. The van der Waals surface area contributed by atoms with Crippen molar-refractivity contribution in [2.45, 2.75) is 12.8 Å². The number of nitrogens with zero attached hydrogens (tertiary/aromatic N) is 2. The highest BCUT2D eigenvalue weighted by Crippen LogP contribution is 2.25. The second kappa shape index (κ2) is 5.17. The van der Waals surface area contributed by atoms with Crippen molar-refractivity contribution >= 4 is 23.4 Å². The summed E-state index contributed by atoms with van der Waals surface area (Å²) in [7, 11) is 1.65. The van der Waals surface area contributed by atoms with Gasteiger partial charge in [-0.15, -0.1) is 0 Å². The maximum Gasteiger partial charge on any atom is 0.335 e. The van der Waals surface area contributed by atoms with Crippen molar-refractivity contribution in [1.82, 2.24) is 4.90 Å². The molecule has 6 nitrogen and oxygen atoms in total. The number of urea groups is 1. The lowest BCUT2D eigenvalue weighted by Crippen LogP contribution is -2.39. The predicted molar refractivity (Wildman–Crippen MR) is 72.4 cm³/mol. The van der Waals surface area contributed by atoms with E-state index in [2.05, 4.69) is 0 Å². The predicted octanol–water partition coefficient (Wildman–Crippen LogP) is 1.62. The molecule has 0 aliphatic carbocycles. The fourth-order valence-corrected chi connectivity index (χ4v) is 2.22. The van der Waals surface area contributed by atoms with Crippen LogP contribution in [0.5, 0.6) is 0 Å². The van der Waals surface area contributed by atoms with Gasteiger partial charge in [0.2, 0.25) is 0 Å². The first-order chi connectivity index (χ1) is 9.00. The third kappa shape index (κ3) is 2.62. The monoisotopic (exact) mass is 263 g/mol. The zero-order valence-corrected chi connectivity index (χ0v) is 10.8. The summed E-state index contributed by atoms with van der Waals surface area (Å²) in [5.74, 6) is -1.04. The van der Waals surface area contributed by atoms with Crippen LogP contribution in [-0.4, -0.2) is 42.1 Å². The van der Waals surface area contributed by atoms with Crippen LogP contribution in [0.3, 0.4) is 0 Å². The van der Waals surface area contributed by atoms with Crippen LogP contribution in [0.4, 0.5) is 16.2 Å². The van der Waals surface area contributed by atoms with Crippen LogP contribution in [0, 0.1) is 0 Å². The summed E-state index contributed by atoms with van der Waals surface area (Å²) >= 11 is 0. The SMILES string of the molecule is CN(C(=O)N1CCCC1)c1ccc(C(=O)O)cc1N. The first-order valence-electron chi connectivity index (χ1n) is 6.16. The van der Waals surface area contributed by atoms with Crippen molar-refractivity contribution < 1.29 is 14.7 Å². The largest absolute Gasteiger partial charge is 0.478 e. The van der Waals surface area contributed by atoms with Gasteiger partial charge in [-0.25, -0.2) is 9.59 Å². The number of nitrogens with two attached hydrogens (primary N) is 1. The number of aromatic carboxylic acids is 1. The van der Waals surface area contributed by atoms with Gasteiger partial charge in [0, 0.05) is 20.1 Å². The molecule has 0 atom stereocenters. The molecular weight excluding hydrogens is 246 g/mol. The lowest BCUT2D eigenvalue weighted by atomic mass is 10.1. The summed E-state index contributed by atoms with van der Waals surface area (Å²) in [6.07, 6.45) is 2.04. The van der Waals surface area contributed by atoms with E-state index in [9.17, 15) is 9.59 Å². The van der Waals surface area contributed by atoms with Crippen molar-refractivity contribution in [2.24, 2.45) is 0 Å². The third-order valence-corrected chi connectivity index (χ3v) is 3.30. The number of hydrogen-bond acceptors (Lipinski definition) is 3. The highest BCUT2D eigenvalue weighted by molar-refractivity contribution is 5.97. The molecule has 102 valence electrons. The molecule has 0 unspecified atom stereocenters. The van der Waals surface area contributed by atoms with Gasteiger partial charge in [-0.3, -0.25) is 4.90 Å². The van der Waals surface area contributed by atoms with E-state index in [4.69, 9.17) is 10.8 Å². The Morgan fingerprint density at radius 3 is 2.47 bits per heavy atom. The highest BCUT2D eigenvalue weighted by atomic mass is 16.4. The second-order valence-corrected chi connectivity index (χ2v) is 4.61. The van der Waals surface area contributed by atoms with Gasteiger partial charge in [0.05, 0.1) is 16.9 Å². The molecule has 1 heterocycles. The average Bonchev–Trinajstić information content (AvgIpc) is 2.90. The third-order valence-electron chi connectivity index (χ3n) is 3.30. The molecular formula is C13H17N3O3. The average molecular weight is 263 g/mol. The number of carbonyl (C=O) groups excluding carboxylic acids is 1. The number of rotatable bonds is 2. The lowest BCUT2D eigenvalue weighted by Gasteiger charge is -2.25. The summed E-state index contributed by atoms with van der Waals surface area (Å²) in [5.41, 5.74) is 6.75. The van der Waals surface area contributed by atoms with Crippen molar-refractivity contribution in [1.29, 1.82) is 0 Å². The number of carboxylic acid groups (broad SMARTS) is 1. The van der Waals surface area contributed by atoms with Gasteiger partial charge in [0.15, 0.2) is 0 Å². The van der Waals surface area contributed by atoms with Gasteiger partial charge in [-0.1, -0.05) is 0 Å². The van der Waals surface area contributed by atoms with Gasteiger partial charge in [-0.05, 0) is 31.0 Å². The van der Waals surface area contributed by atoms with Crippen molar-refractivity contribution in [3.63, 3.8) is 0 Å². The zero-order chi connectivity index (χ0) is 14.0. The molecule has 6 heteroatoms. The van der Waals surface area contributed by atoms with Gasteiger partial charge in [-0.2, -0.15) is 0 Å². The van der Waals surface area contributed by atoms with E-state index in [-0.39, 0.29) is 17.3 Å². The van der Waals surface area contributed by atoms with E-state index >= 15 is 0 Å². The molecule has 0 spiro atoms. The first-order valence-corrected chi connectivity index (χ1v) is 6.16. The van der Waals surface area contributed by atoms with Crippen LogP contribution in [0.2, 0.25) is 0 Å². The van der Waals surface area contributed by atoms with Gasteiger partial charge in [0.1, 0.15) is 0 Å². The molecule has 3 N–H and O–H groups in total. The fourth-order valence-electron chi connectivity index (χ4n) is 2.22. The standard InChI is InChI=1S/C13H17N3O3/c1-15(13(19)16-6-2-3-7-16)11-5-4-9(12(17)18)8-10(11)14/h4-5,8H,2-3,6-7,14H2,1H3,(H,17,18). The first kappa shape index (κ1) is 13.2. The van der Waals surface area contributed by atoms with E-state index in [1.807, 2.05) is 0 Å². The van der Waals surface area contributed by atoms with Gasteiger partial charge in [0.25, 0.3) is 0 Å². The Balaban J connectivity index is 2.21. The van der Waals surface area contributed by atoms with Crippen LogP contribution < -0.4 is 10.6 Å². The Morgan fingerprint density at radius 1 is 1.32 bits per heavy atom. The minimum atomic E-state index is -1.04. The van der Waals surface area contributed by atoms with Gasteiger partial charge < -0.3 is 15.7 Å². The fraction of sp³-hybridized carbons (Fsp3) is 0.385. The quantitative estimate of drug-likeness (QED) is 0.794. The number of hydrogen-bond donors (Lipinski definition) is 2. The molecule has 1 aromatic carbocycles. The molecule has 1 aromatic rings. The molecule has 1 aliphatic rings. The summed E-state index contributed by atoms with van der Waals surface area (Å²) in [6.45, 7) is 1.52. The molecule has 0 bridgehead atoms. The van der Waals surface area contributed by atoms with Crippen LogP contribution in [0.15, 0.2) is 18.2 Å². The van der Waals surface area contributed by atoms with Crippen LogP contribution in [-0.2, 0) is 0 Å². The molecule has 1 fully saturated rings. The Kier molecular flexibility index (Phi) is 3.59. The number of benzene rings is 1. The maximum atomic E-state index is 12.2. The molecule has 2 amide bonds. The normalized spacial score (nSPS) is 14.5. The number of amides is 2. The van der Waals surface area contributed by atoms with E-state index < -0.39 is 5.97 Å². The number of carbonyl (C=O) groups is 2. The van der Waals surface area contributed by atoms with Crippen molar-refractivity contribution in [2.75, 3.05) is 30.8 Å². The molecule has 1 aliphatic heterocycles. The minimum absolute atomic E-state index is 0.104. The Bertz CT molecular complexity index is 510. The Morgan fingerprint density at radius 2 is 1.95 bits per heavy atom. The van der Waals surface area contributed by atoms with Crippen LogP contribution in [0.1, 0.15) is 23.2 Å². The molecule has 0 aromatic heterocycles. The molecule has 0 radical (unpaired) electrons. The van der Waals surface area contributed by atoms with E-state index in [1.165, 1.54) is 17.0 Å². The van der Waals surface area contributed by atoms with E-state index in [1.54, 1.807) is 18.0 Å². The maximum absolute atomic E-state index is 12.2. The van der Waals surface area contributed by atoms with E-state index in [0.717, 1.165) is 25.9 Å². The van der Waals surface area contributed by atoms with E-state index in [0.29, 0.717) is 5.69 Å². The highest BCUT2D eigenvalue weighted by Gasteiger charge is 2.23. The van der Waals surface area contributed by atoms with Crippen LogP contribution >= 0.6 is 0 Å². The smallest absolute Gasteiger partial charge is 0.335 e. The Labute approximate surface area is 111 Å². The summed E-state index contributed by atoms with van der Waals surface area (Å²) in [5, 5.41) is 8.88. The Hall–Kier alpha value is -2.24. The van der Waals surface area contributed by atoms with Crippen molar-refractivity contribution in [3.05, 3.63) is 23.8 Å². The second-order valence-electron chi connectivity index (χ2n) is 4.61. The van der Waals surface area contributed by atoms with Crippen LogP contribution in [0.25, 0.3) is 0 Å². The lowest BCUT2D eigenvalue weighted by molar-refractivity contribution is 0.0697. The molecule has 1 saturated heterocycles. The number of anilines is 2.